The Bertz CT molecular complexity index is 506. The number of anilines is 1. The molecule has 2 amide bonds. The van der Waals surface area contributed by atoms with Gasteiger partial charge in [-0.25, -0.2) is 0 Å². The lowest BCUT2D eigenvalue weighted by Crippen LogP contribution is -2.45. The number of ether oxygens (including phenoxy) is 1. The third kappa shape index (κ3) is 4.04. The molecule has 0 saturated carbocycles. The summed E-state index contributed by atoms with van der Waals surface area (Å²) >= 11 is 0. The van der Waals surface area contributed by atoms with Crippen molar-refractivity contribution < 1.29 is 14.3 Å². The van der Waals surface area contributed by atoms with E-state index in [0.717, 1.165) is 12.8 Å². The van der Waals surface area contributed by atoms with Crippen LogP contribution in [0.4, 0.5) is 5.69 Å². The van der Waals surface area contributed by atoms with Gasteiger partial charge in [-0.05, 0) is 33.6 Å². The SMILES string of the molecule is CC(C)n1cc(NC(=O)C(=O)N[C@@H](C)[C@@H]2CCCO2)cn1. The van der Waals surface area contributed by atoms with Crippen LogP contribution in [0.2, 0.25) is 0 Å². The van der Waals surface area contributed by atoms with Crippen LogP contribution in [0, 0.1) is 0 Å². The van der Waals surface area contributed by atoms with Crippen molar-refractivity contribution in [2.24, 2.45) is 0 Å². The lowest BCUT2D eigenvalue weighted by molar-refractivity contribution is -0.137. The summed E-state index contributed by atoms with van der Waals surface area (Å²) in [5.74, 6) is -1.35. The summed E-state index contributed by atoms with van der Waals surface area (Å²) in [6.07, 6.45) is 5.11. The average Bonchev–Trinajstić information content (AvgIpc) is 3.09. The normalized spacial score (nSPS) is 19.5. The number of rotatable bonds is 4. The summed E-state index contributed by atoms with van der Waals surface area (Å²) in [5, 5.41) is 9.31. The van der Waals surface area contributed by atoms with Gasteiger partial charge in [0, 0.05) is 18.8 Å². The molecule has 0 bridgehead atoms. The third-order valence-electron chi connectivity index (χ3n) is 3.48. The molecule has 1 aromatic rings. The molecule has 2 heterocycles. The van der Waals surface area contributed by atoms with Crippen LogP contribution in [-0.4, -0.2) is 40.3 Å². The van der Waals surface area contributed by atoms with Crippen LogP contribution >= 0.6 is 0 Å². The zero-order valence-corrected chi connectivity index (χ0v) is 12.6. The van der Waals surface area contributed by atoms with E-state index in [2.05, 4.69) is 15.7 Å². The highest BCUT2D eigenvalue weighted by Gasteiger charge is 2.25. The van der Waals surface area contributed by atoms with Gasteiger partial charge in [0.15, 0.2) is 0 Å². The summed E-state index contributed by atoms with van der Waals surface area (Å²) < 4.78 is 7.19. The lowest BCUT2D eigenvalue weighted by atomic mass is 10.1. The number of hydrogen-bond donors (Lipinski definition) is 2. The first-order valence-electron chi connectivity index (χ1n) is 7.25. The zero-order chi connectivity index (χ0) is 15.4. The summed E-state index contributed by atoms with van der Waals surface area (Å²) in [4.78, 5) is 23.7. The molecular weight excluding hydrogens is 272 g/mol. The van der Waals surface area contributed by atoms with Gasteiger partial charge < -0.3 is 15.4 Å². The highest BCUT2D eigenvalue weighted by atomic mass is 16.5. The van der Waals surface area contributed by atoms with Gasteiger partial charge in [-0.15, -0.1) is 0 Å². The molecule has 1 aliphatic rings. The van der Waals surface area contributed by atoms with Crippen LogP contribution in [0.1, 0.15) is 39.7 Å². The monoisotopic (exact) mass is 294 g/mol. The third-order valence-corrected chi connectivity index (χ3v) is 3.48. The molecule has 1 aliphatic heterocycles. The molecule has 7 heteroatoms. The summed E-state index contributed by atoms with van der Waals surface area (Å²) in [6.45, 7) is 6.52. The van der Waals surface area contributed by atoms with E-state index in [0.29, 0.717) is 12.3 Å². The van der Waals surface area contributed by atoms with Gasteiger partial charge in [0.05, 0.1) is 24.0 Å². The fraction of sp³-hybridized carbons (Fsp3) is 0.643. The minimum absolute atomic E-state index is 0.00885. The Morgan fingerprint density at radius 2 is 2.14 bits per heavy atom. The number of nitrogens with one attached hydrogen (secondary N) is 2. The summed E-state index contributed by atoms with van der Waals surface area (Å²) in [6, 6.07) is 0.0214. The summed E-state index contributed by atoms with van der Waals surface area (Å²) in [7, 11) is 0. The highest BCUT2D eigenvalue weighted by molar-refractivity contribution is 6.39. The Kier molecular flexibility index (Phi) is 4.95. The van der Waals surface area contributed by atoms with Gasteiger partial charge in [-0.2, -0.15) is 5.10 Å². The van der Waals surface area contributed by atoms with Crippen LogP contribution < -0.4 is 10.6 Å². The second kappa shape index (κ2) is 6.71. The first-order valence-corrected chi connectivity index (χ1v) is 7.25. The largest absolute Gasteiger partial charge is 0.376 e. The van der Waals surface area contributed by atoms with Gasteiger partial charge in [0.2, 0.25) is 0 Å². The molecule has 0 aliphatic carbocycles. The van der Waals surface area contributed by atoms with E-state index in [4.69, 9.17) is 4.74 Å². The van der Waals surface area contributed by atoms with Gasteiger partial charge in [0.1, 0.15) is 0 Å². The van der Waals surface area contributed by atoms with Gasteiger partial charge in [-0.1, -0.05) is 0 Å². The fourth-order valence-electron chi connectivity index (χ4n) is 2.24. The van der Waals surface area contributed by atoms with Crippen LogP contribution in [0.25, 0.3) is 0 Å². The van der Waals surface area contributed by atoms with Crippen molar-refractivity contribution in [3.05, 3.63) is 12.4 Å². The first kappa shape index (κ1) is 15.5. The van der Waals surface area contributed by atoms with Crippen LogP contribution in [0.5, 0.6) is 0 Å². The molecule has 0 spiro atoms. The second-order valence-electron chi connectivity index (χ2n) is 5.57. The Morgan fingerprint density at radius 1 is 1.38 bits per heavy atom. The van der Waals surface area contributed by atoms with Gasteiger partial charge in [-0.3, -0.25) is 14.3 Å². The Labute approximate surface area is 124 Å². The quantitative estimate of drug-likeness (QED) is 0.814. The molecule has 2 rings (SSSR count). The predicted octanol–water partition coefficient (Wildman–Crippen LogP) is 1.09. The maximum absolute atomic E-state index is 11.8. The van der Waals surface area contributed by atoms with Crippen molar-refractivity contribution in [2.45, 2.75) is 51.8 Å². The fourth-order valence-corrected chi connectivity index (χ4v) is 2.24. The van der Waals surface area contributed by atoms with Gasteiger partial charge >= 0.3 is 11.8 Å². The van der Waals surface area contributed by atoms with Gasteiger partial charge in [0.25, 0.3) is 0 Å². The Balaban J connectivity index is 1.85. The number of carbonyl (C=O) groups excluding carboxylic acids is 2. The van der Waals surface area contributed by atoms with Crippen LogP contribution in [-0.2, 0) is 14.3 Å². The first-order chi connectivity index (χ1) is 9.97. The number of aromatic nitrogens is 2. The minimum atomic E-state index is -0.692. The van der Waals surface area contributed by atoms with Crippen molar-refractivity contribution >= 4 is 17.5 Å². The molecule has 1 saturated heterocycles. The molecule has 1 fully saturated rings. The molecule has 116 valence electrons. The zero-order valence-electron chi connectivity index (χ0n) is 12.6. The maximum atomic E-state index is 11.8. The second-order valence-corrected chi connectivity index (χ2v) is 5.57. The molecule has 0 radical (unpaired) electrons. The number of nitrogens with zero attached hydrogens (tertiary/aromatic N) is 2. The highest BCUT2D eigenvalue weighted by Crippen LogP contribution is 2.15. The topological polar surface area (TPSA) is 85.2 Å². The molecule has 1 aromatic heterocycles. The molecule has 0 unspecified atom stereocenters. The Morgan fingerprint density at radius 3 is 2.71 bits per heavy atom. The number of carbonyl (C=O) groups is 2. The summed E-state index contributed by atoms with van der Waals surface area (Å²) in [5.41, 5.74) is 0.508. The minimum Gasteiger partial charge on any atom is -0.376 e. The number of amides is 2. The van der Waals surface area contributed by atoms with Crippen molar-refractivity contribution in [3.8, 4) is 0 Å². The average molecular weight is 294 g/mol. The van der Waals surface area contributed by atoms with E-state index in [9.17, 15) is 9.59 Å². The van der Waals surface area contributed by atoms with Crippen LogP contribution in [0.15, 0.2) is 12.4 Å². The van der Waals surface area contributed by atoms with Crippen molar-refractivity contribution in [3.63, 3.8) is 0 Å². The molecule has 0 aromatic carbocycles. The molecule has 2 N–H and O–H groups in total. The van der Waals surface area contributed by atoms with E-state index in [1.807, 2.05) is 20.8 Å². The van der Waals surface area contributed by atoms with E-state index in [1.54, 1.807) is 10.9 Å². The van der Waals surface area contributed by atoms with E-state index in [-0.39, 0.29) is 18.2 Å². The Hall–Kier alpha value is -1.89. The van der Waals surface area contributed by atoms with E-state index < -0.39 is 11.8 Å². The van der Waals surface area contributed by atoms with Crippen molar-refractivity contribution in [1.29, 1.82) is 0 Å². The van der Waals surface area contributed by atoms with Crippen molar-refractivity contribution in [1.82, 2.24) is 15.1 Å². The van der Waals surface area contributed by atoms with E-state index >= 15 is 0 Å². The van der Waals surface area contributed by atoms with Crippen LogP contribution in [0.3, 0.4) is 0 Å². The lowest BCUT2D eigenvalue weighted by Gasteiger charge is -2.19. The number of hydrogen-bond acceptors (Lipinski definition) is 4. The maximum Gasteiger partial charge on any atom is 0.313 e. The molecule has 7 nitrogen and oxygen atoms in total. The standard InChI is InChI=1S/C14H22N4O3/c1-9(2)18-8-11(7-15-18)17-14(20)13(19)16-10(3)12-5-4-6-21-12/h7-10,12H,4-6H2,1-3H3,(H,16,19)(H,17,20)/t10-,12-/m0/s1. The predicted molar refractivity (Wildman–Crippen MR) is 77.8 cm³/mol. The van der Waals surface area contributed by atoms with Crippen molar-refractivity contribution in [2.75, 3.05) is 11.9 Å². The van der Waals surface area contributed by atoms with E-state index in [1.165, 1.54) is 6.20 Å². The molecule has 2 atom stereocenters. The smallest absolute Gasteiger partial charge is 0.313 e. The molecule has 21 heavy (non-hydrogen) atoms. The molecular formula is C14H22N4O3.